The summed E-state index contributed by atoms with van der Waals surface area (Å²) in [6, 6.07) is 11.1. The van der Waals surface area contributed by atoms with Crippen LogP contribution in [0.4, 0.5) is 4.39 Å². The smallest absolute Gasteiger partial charge is 0.250 e. The second-order valence-corrected chi connectivity index (χ2v) is 7.50. The quantitative estimate of drug-likeness (QED) is 0.705. The largest absolute Gasteiger partial charge is 0.475 e. The molecule has 1 aromatic carbocycles. The highest BCUT2D eigenvalue weighted by Gasteiger charge is 2.17. The van der Waals surface area contributed by atoms with E-state index in [-0.39, 0.29) is 17.3 Å². The van der Waals surface area contributed by atoms with Crippen LogP contribution in [0.5, 0.6) is 5.88 Å². The zero-order chi connectivity index (χ0) is 18.7. The second kappa shape index (κ2) is 7.38. The molecule has 0 aliphatic rings. The number of benzene rings is 1. The molecular formula is C21H24FN3O. The maximum Gasteiger partial charge on any atom is 0.250 e. The molecule has 5 heteroatoms. The molecule has 26 heavy (non-hydrogen) atoms. The summed E-state index contributed by atoms with van der Waals surface area (Å²) in [6.07, 6.45) is 4.14. The molecule has 0 bridgehead atoms. The standard InChI is InChI=1S/C21H24FN3O/c1-14(11-21(2,3)23)13-26-20-18(22)10-15(12-25-20)16-8-9-24-19-7-5-4-6-17(16)19/h4-10,12,14H,11,13,23H2,1-3H3/t14-/m0/s1. The summed E-state index contributed by atoms with van der Waals surface area (Å²) in [5.74, 6) is -0.239. The number of para-hydroxylation sites is 1. The van der Waals surface area contributed by atoms with Crippen molar-refractivity contribution in [2.24, 2.45) is 11.7 Å². The van der Waals surface area contributed by atoms with Gasteiger partial charge in [-0.2, -0.15) is 0 Å². The van der Waals surface area contributed by atoms with Crippen molar-refractivity contribution in [2.45, 2.75) is 32.7 Å². The Labute approximate surface area is 153 Å². The van der Waals surface area contributed by atoms with E-state index in [1.165, 1.54) is 6.07 Å². The second-order valence-electron chi connectivity index (χ2n) is 7.50. The number of rotatable bonds is 6. The van der Waals surface area contributed by atoms with Gasteiger partial charge in [0.2, 0.25) is 5.88 Å². The number of ether oxygens (including phenoxy) is 1. The van der Waals surface area contributed by atoms with Crippen LogP contribution in [0.3, 0.4) is 0 Å². The number of halogens is 1. The molecule has 136 valence electrons. The minimum absolute atomic E-state index is 0.0220. The van der Waals surface area contributed by atoms with Gasteiger partial charge in [-0.05, 0) is 49.9 Å². The van der Waals surface area contributed by atoms with E-state index in [9.17, 15) is 4.39 Å². The van der Waals surface area contributed by atoms with Gasteiger partial charge < -0.3 is 10.5 Å². The minimum Gasteiger partial charge on any atom is -0.475 e. The van der Waals surface area contributed by atoms with Crippen molar-refractivity contribution in [3.63, 3.8) is 0 Å². The minimum atomic E-state index is -0.470. The summed E-state index contributed by atoms with van der Waals surface area (Å²) in [5.41, 5.74) is 8.20. The first-order valence-corrected chi connectivity index (χ1v) is 8.75. The van der Waals surface area contributed by atoms with Crippen LogP contribution < -0.4 is 10.5 Å². The lowest BCUT2D eigenvalue weighted by molar-refractivity contribution is 0.214. The van der Waals surface area contributed by atoms with Crippen LogP contribution in [-0.4, -0.2) is 22.1 Å². The summed E-state index contributed by atoms with van der Waals surface area (Å²) >= 11 is 0. The Morgan fingerprint density at radius 3 is 2.69 bits per heavy atom. The van der Waals surface area contributed by atoms with E-state index in [0.29, 0.717) is 12.2 Å². The van der Waals surface area contributed by atoms with Crippen LogP contribution in [0.2, 0.25) is 0 Å². The van der Waals surface area contributed by atoms with Gasteiger partial charge in [0.1, 0.15) is 0 Å². The van der Waals surface area contributed by atoms with E-state index in [1.807, 2.05) is 51.1 Å². The van der Waals surface area contributed by atoms with E-state index in [0.717, 1.165) is 22.9 Å². The first-order chi connectivity index (χ1) is 12.3. The highest BCUT2D eigenvalue weighted by atomic mass is 19.1. The van der Waals surface area contributed by atoms with Crippen LogP contribution in [0.25, 0.3) is 22.0 Å². The Kier molecular flexibility index (Phi) is 5.18. The average Bonchev–Trinajstić information content (AvgIpc) is 2.58. The first-order valence-electron chi connectivity index (χ1n) is 8.75. The van der Waals surface area contributed by atoms with Gasteiger partial charge in [0.15, 0.2) is 5.82 Å². The van der Waals surface area contributed by atoms with Gasteiger partial charge in [-0.15, -0.1) is 0 Å². The normalized spacial score (nSPS) is 13.0. The molecule has 0 radical (unpaired) electrons. The molecule has 0 aliphatic carbocycles. The molecule has 0 amide bonds. The summed E-state index contributed by atoms with van der Waals surface area (Å²) in [6.45, 7) is 6.35. The van der Waals surface area contributed by atoms with Crippen LogP contribution in [0.15, 0.2) is 48.8 Å². The SMILES string of the molecule is C[C@H](COc1ncc(-c2ccnc3ccccc23)cc1F)CC(C)(C)N. The molecule has 0 spiro atoms. The number of hydrogen-bond acceptors (Lipinski definition) is 4. The number of aromatic nitrogens is 2. The summed E-state index contributed by atoms with van der Waals surface area (Å²) in [5, 5.41) is 0.962. The average molecular weight is 353 g/mol. The van der Waals surface area contributed by atoms with Crippen LogP contribution in [0.1, 0.15) is 27.2 Å². The number of nitrogens with two attached hydrogens (primary N) is 1. The fraction of sp³-hybridized carbons (Fsp3) is 0.333. The Hall–Kier alpha value is -2.53. The monoisotopic (exact) mass is 353 g/mol. The number of nitrogens with zero attached hydrogens (tertiary/aromatic N) is 2. The molecule has 3 aromatic rings. The Balaban J connectivity index is 1.79. The molecule has 2 N–H and O–H groups in total. The zero-order valence-electron chi connectivity index (χ0n) is 15.4. The van der Waals surface area contributed by atoms with Crippen molar-refractivity contribution in [1.29, 1.82) is 0 Å². The summed E-state index contributed by atoms with van der Waals surface area (Å²) < 4.78 is 20.1. The van der Waals surface area contributed by atoms with E-state index in [1.54, 1.807) is 12.4 Å². The van der Waals surface area contributed by atoms with E-state index in [2.05, 4.69) is 9.97 Å². The highest BCUT2D eigenvalue weighted by Crippen LogP contribution is 2.29. The van der Waals surface area contributed by atoms with Gasteiger partial charge in [-0.25, -0.2) is 9.37 Å². The molecule has 0 saturated carbocycles. The molecule has 0 saturated heterocycles. The van der Waals surface area contributed by atoms with Gasteiger partial charge in [0, 0.05) is 28.9 Å². The third-order valence-corrected chi connectivity index (χ3v) is 4.15. The number of pyridine rings is 2. The van der Waals surface area contributed by atoms with Crippen molar-refractivity contribution in [2.75, 3.05) is 6.61 Å². The maximum absolute atomic E-state index is 14.5. The molecular weight excluding hydrogens is 329 g/mol. The number of fused-ring (bicyclic) bond motifs is 1. The third-order valence-electron chi connectivity index (χ3n) is 4.15. The molecule has 2 heterocycles. The van der Waals surface area contributed by atoms with Crippen molar-refractivity contribution < 1.29 is 9.13 Å². The van der Waals surface area contributed by atoms with Crippen molar-refractivity contribution >= 4 is 10.9 Å². The zero-order valence-corrected chi connectivity index (χ0v) is 15.4. The van der Waals surface area contributed by atoms with Crippen LogP contribution in [-0.2, 0) is 0 Å². The maximum atomic E-state index is 14.5. The molecule has 0 fully saturated rings. The molecule has 3 rings (SSSR count). The van der Waals surface area contributed by atoms with Crippen molar-refractivity contribution in [3.8, 4) is 17.0 Å². The Morgan fingerprint density at radius 2 is 1.96 bits per heavy atom. The van der Waals surface area contributed by atoms with Gasteiger partial charge >= 0.3 is 0 Å². The molecule has 0 unspecified atom stereocenters. The fourth-order valence-corrected chi connectivity index (χ4v) is 3.20. The third kappa shape index (κ3) is 4.35. The van der Waals surface area contributed by atoms with Gasteiger partial charge in [0.25, 0.3) is 0 Å². The summed E-state index contributed by atoms with van der Waals surface area (Å²) in [7, 11) is 0. The van der Waals surface area contributed by atoms with Gasteiger partial charge in [-0.1, -0.05) is 25.1 Å². The van der Waals surface area contributed by atoms with Gasteiger partial charge in [-0.3, -0.25) is 4.98 Å². The lowest BCUT2D eigenvalue weighted by atomic mass is 9.93. The van der Waals surface area contributed by atoms with Gasteiger partial charge in [0.05, 0.1) is 12.1 Å². The topological polar surface area (TPSA) is 61.0 Å². The number of hydrogen-bond donors (Lipinski definition) is 1. The van der Waals surface area contributed by atoms with E-state index < -0.39 is 5.82 Å². The Bertz CT molecular complexity index is 900. The van der Waals surface area contributed by atoms with E-state index >= 15 is 0 Å². The van der Waals surface area contributed by atoms with Crippen LogP contribution in [0, 0.1) is 11.7 Å². The molecule has 0 aliphatic heterocycles. The molecule has 2 aromatic heterocycles. The van der Waals surface area contributed by atoms with Crippen molar-refractivity contribution in [3.05, 3.63) is 54.6 Å². The lowest BCUT2D eigenvalue weighted by Gasteiger charge is -2.23. The molecule has 4 nitrogen and oxygen atoms in total. The van der Waals surface area contributed by atoms with Crippen LogP contribution >= 0.6 is 0 Å². The fourth-order valence-electron chi connectivity index (χ4n) is 3.20. The van der Waals surface area contributed by atoms with E-state index in [4.69, 9.17) is 10.5 Å². The first kappa shape index (κ1) is 18.3. The predicted molar refractivity (Wildman–Crippen MR) is 102 cm³/mol. The van der Waals surface area contributed by atoms with Crippen molar-refractivity contribution in [1.82, 2.24) is 9.97 Å². The lowest BCUT2D eigenvalue weighted by Crippen LogP contribution is -2.35. The predicted octanol–water partition coefficient (Wildman–Crippen LogP) is 4.58. The Morgan fingerprint density at radius 1 is 1.19 bits per heavy atom. The molecule has 1 atom stereocenters. The highest BCUT2D eigenvalue weighted by molar-refractivity contribution is 5.94. The summed E-state index contributed by atoms with van der Waals surface area (Å²) in [4.78, 5) is 8.52.